The maximum atomic E-state index is 9.60. The Hall–Kier alpha value is -0.960. The van der Waals surface area contributed by atoms with E-state index in [0.29, 0.717) is 5.75 Å². The maximum absolute atomic E-state index is 9.60. The summed E-state index contributed by atoms with van der Waals surface area (Å²) in [6, 6.07) is 5.43. The summed E-state index contributed by atoms with van der Waals surface area (Å²) >= 11 is 0. The highest BCUT2D eigenvalue weighted by molar-refractivity contribution is 8.13. The van der Waals surface area contributed by atoms with Gasteiger partial charge in [-0.15, -0.1) is 0 Å². The van der Waals surface area contributed by atoms with Crippen LogP contribution in [0.15, 0.2) is 23.1 Å². The number of benzene rings is 1. The lowest BCUT2D eigenvalue weighted by Gasteiger charge is -2.08. The van der Waals surface area contributed by atoms with Crippen molar-refractivity contribution in [3.05, 3.63) is 18.2 Å². The second kappa shape index (κ2) is 3.63. The van der Waals surface area contributed by atoms with Crippen molar-refractivity contribution in [3.63, 3.8) is 0 Å². The first kappa shape index (κ1) is 9.13. The summed E-state index contributed by atoms with van der Waals surface area (Å²) in [7, 11) is 1.35. The molecule has 0 radical (unpaired) electrons. The Kier molecular flexibility index (Phi) is 2.76. The maximum Gasteiger partial charge on any atom is 0.171 e. The molecule has 1 unspecified atom stereocenters. The quantitative estimate of drug-likeness (QED) is 0.713. The standard InChI is InChI=1S/C9H12O2S/c1-11-7-5-4-6-8(9(7)10)12(2)3/h4-6,10H,2H2,1,3H3. The van der Waals surface area contributed by atoms with E-state index in [1.165, 1.54) is 7.11 Å². The lowest BCUT2D eigenvalue weighted by Crippen LogP contribution is -1.84. The Morgan fingerprint density at radius 2 is 2.17 bits per heavy atom. The van der Waals surface area contributed by atoms with Gasteiger partial charge in [-0.2, -0.15) is 10.5 Å². The number of hydrogen-bond acceptors (Lipinski definition) is 2. The molecule has 0 aliphatic carbocycles. The highest BCUT2D eigenvalue weighted by Gasteiger charge is 2.05. The fraction of sp³-hybridized carbons (Fsp3) is 0.222. The molecule has 0 spiro atoms. The van der Waals surface area contributed by atoms with Crippen LogP contribution in [0.3, 0.4) is 0 Å². The zero-order valence-electron chi connectivity index (χ0n) is 7.20. The van der Waals surface area contributed by atoms with E-state index in [1.54, 1.807) is 6.07 Å². The van der Waals surface area contributed by atoms with Crippen LogP contribution in [0.4, 0.5) is 0 Å². The van der Waals surface area contributed by atoms with E-state index in [4.69, 9.17) is 4.74 Å². The molecule has 1 aromatic rings. The molecule has 0 aliphatic rings. The van der Waals surface area contributed by atoms with Crippen LogP contribution in [0.1, 0.15) is 0 Å². The predicted molar refractivity (Wildman–Crippen MR) is 53.6 cm³/mol. The van der Waals surface area contributed by atoms with Crippen LogP contribution in [0.25, 0.3) is 0 Å². The highest BCUT2D eigenvalue weighted by Crippen LogP contribution is 2.37. The van der Waals surface area contributed by atoms with E-state index >= 15 is 0 Å². The molecule has 0 fully saturated rings. The minimum Gasteiger partial charge on any atom is -0.503 e. The van der Waals surface area contributed by atoms with Gasteiger partial charge in [0, 0.05) is 4.90 Å². The van der Waals surface area contributed by atoms with Gasteiger partial charge in [-0.1, -0.05) is 11.9 Å². The first-order valence-corrected chi connectivity index (χ1v) is 5.28. The third kappa shape index (κ3) is 1.61. The largest absolute Gasteiger partial charge is 0.503 e. The number of methoxy groups -OCH3 is 1. The smallest absolute Gasteiger partial charge is 0.171 e. The van der Waals surface area contributed by atoms with Gasteiger partial charge in [0.1, 0.15) is 0 Å². The van der Waals surface area contributed by atoms with E-state index < -0.39 is 0 Å². The van der Waals surface area contributed by atoms with Gasteiger partial charge < -0.3 is 9.84 Å². The van der Waals surface area contributed by atoms with Crippen molar-refractivity contribution in [2.24, 2.45) is 0 Å². The van der Waals surface area contributed by atoms with Crippen molar-refractivity contribution in [2.45, 2.75) is 4.90 Å². The van der Waals surface area contributed by atoms with E-state index in [1.807, 2.05) is 18.4 Å². The van der Waals surface area contributed by atoms with Crippen LogP contribution in [0.5, 0.6) is 11.5 Å². The molecule has 1 aromatic carbocycles. The molecule has 0 amide bonds. The van der Waals surface area contributed by atoms with Crippen LogP contribution in [0, 0.1) is 0 Å². The average Bonchev–Trinajstić information content (AvgIpc) is 2.04. The van der Waals surface area contributed by atoms with Crippen molar-refractivity contribution in [3.8, 4) is 11.5 Å². The average molecular weight is 184 g/mol. The van der Waals surface area contributed by atoms with Crippen LogP contribution < -0.4 is 4.74 Å². The Balaban J connectivity index is 3.23. The molecule has 66 valence electrons. The number of para-hydroxylation sites is 1. The predicted octanol–water partition coefficient (Wildman–Crippen LogP) is 2.09. The molecule has 1 rings (SSSR count). The van der Waals surface area contributed by atoms with Gasteiger partial charge in [0.25, 0.3) is 0 Å². The second-order valence-corrected chi connectivity index (χ2v) is 4.16. The van der Waals surface area contributed by atoms with Crippen LogP contribution in [0.2, 0.25) is 0 Å². The monoisotopic (exact) mass is 184 g/mol. The first-order chi connectivity index (χ1) is 5.66. The number of rotatable bonds is 2. The molecular weight excluding hydrogens is 172 g/mol. The lowest BCUT2D eigenvalue weighted by molar-refractivity contribution is 0.367. The molecule has 0 bridgehead atoms. The van der Waals surface area contributed by atoms with Gasteiger partial charge in [0.2, 0.25) is 0 Å². The van der Waals surface area contributed by atoms with E-state index in [-0.39, 0.29) is 16.2 Å². The fourth-order valence-corrected chi connectivity index (χ4v) is 1.69. The normalized spacial score (nSPS) is 12.5. The molecule has 0 heterocycles. The SMILES string of the molecule is C=S(C)c1cccc(OC)c1O. The molecule has 3 heteroatoms. The molecule has 0 aromatic heterocycles. The summed E-state index contributed by atoms with van der Waals surface area (Å²) in [5.74, 6) is 4.58. The van der Waals surface area contributed by atoms with Crippen molar-refractivity contribution < 1.29 is 9.84 Å². The molecular formula is C9H12O2S. The highest BCUT2D eigenvalue weighted by atomic mass is 32.2. The molecule has 0 aliphatic heterocycles. The third-order valence-electron chi connectivity index (χ3n) is 1.56. The minimum atomic E-state index is -0.182. The van der Waals surface area contributed by atoms with Gasteiger partial charge in [0.15, 0.2) is 11.5 Å². The Morgan fingerprint density at radius 1 is 1.50 bits per heavy atom. The summed E-state index contributed by atoms with van der Waals surface area (Å²) in [6.07, 6.45) is 1.95. The van der Waals surface area contributed by atoms with Gasteiger partial charge in [0.05, 0.1) is 7.11 Å². The van der Waals surface area contributed by atoms with Crippen molar-refractivity contribution >= 4 is 16.4 Å². The van der Waals surface area contributed by atoms with Crippen LogP contribution in [-0.2, 0) is 0 Å². The van der Waals surface area contributed by atoms with Gasteiger partial charge in [-0.25, -0.2) is 0 Å². The number of hydrogen-bond donors (Lipinski definition) is 1. The summed E-state index contributed by atoms with van der Waals surface area (Å²) in [6.45, 7) is 0. The van der Waals surface area contributed by atoms with Crippen LogP contribution >= 0.6 is 10.5 Å². The van der Waals surface area contributed by atoms with E-state index in [0.717, 1.165) is 4.90 Å². The third-order valence-corrected chi connectivity index (χ3v) is 2.64. The molecule has 0 saturated carbocycles. The topological polar surface area (TPSA) is 29.5 Å². The Bertz CT molecular complexity index is 307. The van der Waals surface area contributed by atoms with Gasteiger partial charge in [-0.3, -0.25) is 0 Å². The molecule has 1 atom stereocenters. The number of ether oxygens (including phenoxy) is 1. The summed E-state index contributed by atoms with van der Waals surface area (Å²) in [4.78, 5) is 0.842. The Labute approximate surface area is 74.7 Å². The fourth-order valence-electron chi connectivity index (χ4n) is 0.948. The first-order valence-electron chi connectivity index (χ1n) is 3.48. The van der Waals surface area contributed by atoms with Gasteiger partial charge in [-0.05, 0) is 18.4 Å². The number of phenols is 1. The lowest BCUT2D eigenvalue weighted by atomic mass is 10.3. The van der Waals surface area contributed by atoms with Crippen molar-refractivity contribution in [1.29, 1.82) is 0 Å². The van der Waals surface area contributed by atoms with E-state index in [9.17, 15) is 5.11 Å². The zero-order valence-corrected chi connectivity index (χ0v) is 8.02. The molecule has 0 saturated heterocycles. The molecule has 1 N–H and O–H groups in total. The Morgan fingerprint density at radius 3 is 2.67 bits per heavy atom. The van der Waals surface area contributed by atoms with E-state index in [2.05, 4.69) is 5.87 Å². The second-order valence-electron chi connectivity index (χ2n) is 2.44. The number of phenolic OH excluding ortho intramolecular Hbond substituents is 1. The summed E-state index contributed by atoms with van der Waals surface area (Å²) in [5, 5.41) is 9.60. The van der Waals surface area contributed by atoms with Crippen molar-refractivity contribution in [1.82, 2.24) is 0 Å². The van der Waals surface area contributed by atoms with Crippen LogP contribution in [-0.4, -0.2) is 24.3 Å². The summed E-state index contributed by atoms with van der Waals surface area (Å²) < 4.78 is 4.96. The van der Waals surface area contributed by atoms with Gasteiger partial charge >= 0.3 is 0 Å². The number of aromatic hydroxyl groups is 1. The molecule has 2 nitrogen and oxygen atoms in total. The molecule has 12 heavy (non-hydrogen) atoms. The minimum absolute atomic E-state index is 0.182. The van der Waals surface area contributed by atoms with Crippen molar-refractivity contribution in [2.75, 3.05) is 13.4 Å². The summed E-state index contributed by atoms with van der Waals surface area (Å²) in [5.41, 5.74) is 0. The zero-order chi connectivity index (χ0) is 9.14.